The number of aromatic amines is 1. The summed E-state index contributed by atoms with van der Waals surface area (Å²) in [5.74, 6) is 0.707. The van der Waals surface area contributed by atoms with Gasteiger partial charge in [-0.25, -0.2) is 4.98 Å². The second kappa shape index (κ2) is 8.20. The topological polar surface area (TPSA) is 108 Å². The Hall–Kier alpha value is -4.25. The molecule has 0 radical (unpaired) electrons. The lowest BCUT2D eigenvalue weighted by molar-refractivity contribution is -0.117. The molecule has 174 valence electrons. The van der Waals surface area contributed by atoms with Crippen molar-refractivity contribution in [3.63, 3.8) is 0 Å². The standard InChI is InChI=1S/C27H24N6O2/c1-35-22-12-21-26(30-25(22)20-7-3-5-17-4-2-6-19(17)20)24(32-31-21)18-8-9-23(29-13-18)27(14-28)10-11-33(15-27)16-34/h3,5,7-9,12-13,16H,2,4,6,10-11,15H2,1H3,(H,31,32). The fourth-order valence-corrected chi connectivity index (χ4v) is 5.43. The van der Waals surface area contributed by atoms with Crippen LogP contribution in [0, 0.1) is 11.3 Å². The first-order chi connectivity index (χ1) is 17.2. The zero-order valence-electron chi connectivity index (χ0n) is 19.4. The van der Waals surface area contributed by atoms with Crippen LogP contribution < -0.4 is 4.74 Å². The molecule has 1 N–H and O–H groups in total. The normalized spacial score (nSPS) is 19.0. The third-order valence-corrected chi connectivity index (χ3v) is 7.31. The van der Waals surface area contributed by atoms with Crippen LogP contribution in [-0.2, 0) is 23.1 Å². The third-order valence-electron chi connectivity index (χ3n) is 7.31. The number of benzene rings is 1. The second-order valence-corrected chi connectivity index (χ2v) is 9.26. The van der Waals surface area contributed by atoms with E-state index in [9.17, 15) is 10.1 Å². The molecule has 1 aromatic carbocycles. The quantitative estimate of drug-likeness (QED) is 0.450. The zero-order chi connectivity index (χ0) is 24.0. The first kappa shape index (κ1) is 21.3. The minimum atomic E-state index is -0.778. The number of fused-ring (bicyclic) bond motifs is 2. The molecule has 2 aliphatic rings. The maximum atomic E-state index is 11.2. The number of aromatic nitrogens is 4. The van der Waals surface area contributed by atoms with Crippen molar-refractivity contribution in [2.24, 2.45) is 0 Å². The molecule has 0 bridgehead atoms. The van der Waals surface area contributed by atoms with Crippen LogP contribution in [0.5, 0.6) is 5.75 Å². The number of pyridine rings is 2. The molecule has 1 amide bonds. The van der Waals surface area contributed by atoms with Crippen LogP contribution in [0.25, 0.3) is 33.5 Å². The van der Waals surface area contributed by atoms with Gasteiger partial charge in [0.05, 0.1) is 24.4 Å². The van der Waals surface area contributed by atoms with Crippen LogP contribution in [0.15, 0.2) is 42.6 Å². The molecule has 8 nitrogen and oxygen atoms in total. The highest BCUT2D eigenvalue weighted by atomic mass is 16.5. The van der Waals surface area contributed by atoms with Crippen molar-refractivity contribution in [2.75, 3.05) is 20.2 Å². The lowest BCUT2D eigenvalue weighted by Gasteiger charge is -2.19. The molecule has 1 unspecified atom stereocenters. The molecule has 1 aliphatic heterocycles. The summed E-state index contributed by atoms with van der Waals surface area (Å²) in [5.41, 5.74) is 7.56. The van der Waals surface area contributed by atoms with Gasteiger partial charge in [0.25, 0.3) is 0 Å². The highest BCUT2D eigenvalue weighted by Gasteiger charge is 2.41. The van der Waals surface area contributed by atoms with Crippen LogP contribution >= 0.6 is 0 Å². The number of ether oxygens (including phenoxy) is 1. The molecule has 4 aromatic rings. The number of aryl methyl sites for hydroxylation is 1. The van der Waals surface area contributed by atoms with E-state index in [4.69, 9.17) is 9.72 Å². The van der Waals surface area contributed by atoms with Crippen LogP contribution in [0.4, 0.5) is 0 Å². The van der Waals surface area contributed by atoms with Gasteiger partial charge in [-0.3, -0.25) is 14.9 Å². The number of methoxy groups -OCH3 is 1. The lowest BCUT2D eigenvalue weighted by atomic mass is 9.84. The van der Waals surface area contributed by atoms with Crippen LogP contribution in [0.1, 0.15) is 29.7 Å². The summed E-state index contributed by atoms with van der Waals surface area (Å²) in [6, 6.07) is 14.5. The zero-order valence-corrected chi connectivity index (χ0v) is 19.4. The maximum absolute atomic E-state index is 11.2. The number of amides is 1. The molecule has 1 atom stereocenters. The fourth-order valence-electron chi connectivity index (χ4n) is 5.43. The Balaban J connectivity index is 1.42. The van der Waals surface area contributed by atoms with Gasteiger partial charge in [-0.05, 0) is 48.9 Å². The van der Waals surface area contributed by atoms with E-state index < -0.39 is 5.41 Å². The fraction of sp³-hybridized carbons (Fsp3) is 0.296. The van der Waals surface area contributed by atoms with Gasteiger partial charge in [-0.2, -0.15) is 10.4 Å². The van der Waals surface area contributed by atoms with Gasteiger partial charge in [0, 0.05) is 36.5 Å². The average molecular weight is 465 g/mol. The van der Waals surface area contributed by atoms with E-state index in [1.54, 1.807) is 18.2 Å². The number of nitrogens with one attached hydrogen (secondary N) is 1. The highest BCUT2D eigenvalue weighted by molar-refractivity contribution is 5.93. The molecule has 3 aromatic heterocycles. The molecule has 0 spiro atoms. The molecule has 1 aliphatic carbocycles. The van der Waals surface area contributed by atoms with Crippen molar-refractivity contribution in [3.8, 4) is 34.3 Å². The summed E-state index contributed by atoms with van der Waals surface area (Å²) in [4.78, 5) is 22.5. The van der Waals surface area contributed by atoms with Gasteiger partial charge in [0.1, 0.15) is 28.1 Å². The molecule has 8 heteroatoms. The predicted molar refractivity (Wildman–Crippen MR) is 131 cm³/mol. The van der Waals surface area contributed by atoms with E-state index in [0.29, 0.717) is 36.6 Å². The number of nitriles is 1. The number of H-pyrrole nitrogens is 1. The van der Waals surface area contributed by atoms with Crippen LogP contribution in [-0.4, -0.2) is 51.7 Å². The van der Waals surface area contributed by atoms with Crippen LogP contribution in [0.3, 0.4) is 0 Å². The Bertz CT molecular complexity index is 1490. The van der Waals surface area contributed by atoms with E-state index in [-0.39, 0.29) is 0 Å². The van der Waals surface area contributed by atoms with Crippen molar-refractivity contribution >= 4 is 17.4 Å². The van der Waals surface area contributed by atoms with Crippen molar-refractivity contribution in [3.05, 3.63) is 59.4 Å². The smallest absolute Gasteiger partial charge is 0.209 e. The van der Waals surface area contributed by atoms with Gasteiger partial charge in [0.2, 0.25) is 6.41 Å². The van der Waals surface area contributed by atoms with Crippen molar-refractivity contribution in [1.82, 2.24) is 25.1 Å². The molecule has 4 heterocycles. The first-order valence-electron chi connectivity index (χ1n) is 11.8. The van der Waals surface area contributed by atoms with E-state index in [1.165, 1.54) is 11.1 Å². The van der Waals surface area contributed by atoms with Gasteiger partial charge in [-0.15, -0.1) is 0 Å². The Morgan fingerprint density at radius 3 is 2.89 bits per heavy atom. The molecule has 1 fully saturated rings. The Kier molecular flexibility index (Phi) is 4.99. The van der Waals surface area contributed by atoms with E-state index in [2.05, 4.69) is 39.4 Å². The van der Waals surface area contributed by atoms with Gasteiger partial charge >= 0.3 is 0 Å². The number of hydrogen-bond donors (Lipinski definition) is 1. The monoisotopic (exact) mass is 464 g/mol. The average Bonchev–Trinajstić information content (AvgIpc) is 3.66. The van der Waals surface area contributed by atoms with Gasteiger partial charge < -0.3 is 9.64 Å². The molecule has 1 saturated heterocycles. The lowest BCUT2D eigenvalue weighted by Crippen LogP contribution is -2.30. The molecular weight excluding hydrogens is 440 g/mol. The number of likely N-dealkylation sites (tertiary alicyclic amines) is 1. The van der Waals surface area contributed by atoms with E-state index >= 15 is 0 Å². The minimum absolute atomic E-state index is 0.358. The summed E-state index contributed by atoms with van der Waals surface area (Å²) < 4.78 is 5.71. The Labute approximate surface area is 202 Å². The largest absolute Gasteiger partial charge is 0.494 e. The molecule has 0 saturated carbocycles. The number of hydrogen-bond acceptors (Lipinski definition) is 6. The highest BCUT2D eigenvalue weighted by Crippen LogP contribution is 2.39. The first-order valence-corrected chi connectivity index (χ1v) is 11.8. The molecule has 35 heavy (non-hydrogen) atoms. The number of carbonyl (C=O) groups excluding carboxylic acids is 1. The van der Waals surface area contributed by atoms with E-state index in [0.717, 1.165) is 53.5 Å². The summed E-state index contributed by atoms with van der Waals surface area (Å²) in [7, 11) is 1.66. The molecular formula is C27H24N6O2. The molecule has 6 rings (SSSR count). The predicted octanol–water partition coefficient (Wildman–Crippen LogP) is 3.81. The Morgan fingerprint density at radius 2 is 2.14 bits per heavy atom. The number of nitrogens with zero attached hydrogens (tertiary/aromatic N) is 5. The number of rotatable bonds is 5. The Morgan fingerprint density at radius 1 is 1.23 bits per heavy atom. The van der Waals surface area contributed by atoms with Crippen LogP contribution in [0.2, 0.25) is 0 Å². The second-order valence-electron chi connectivity index (χ2n) is 9.26. The van der Waals surface area contributed by atoms with Gasteiger partial charge in [0.15, 0.2) is 0 Å². The summed E-state index contributed by atoms with van der Waals surface area (Å²) in [5, 5.41) is 17.5. The summed E-state index contributed by atoms with van der Waals surface area (Å²) >= 11 is 0. The minimum Gasteiger partial charge on any atom is -0.494 e. The van der Waals surface area contributed by atoms with E-state index in [1.807, 2.05) is 18.2 Å². The summed E-state index contributed by atoms with van der Waals surface area (Å²) in [6.07, 6.45) is 6.40. The number of carbonyl (C=O) groups is 1. The van der Waals surface area contributed by atoms with Crippen molar-refractivity contribution in [2.45, 2.75) is 31.1 Å². The SMILES string of the molecule is COc1cc2[nH]nc(-c3ccc(C4(C#N)CCN(C=O)C4)nc3)c2nc1-c1cccc2c1CCC2. The maximum Gasteiger partial charge on any atom is 0.209 e. The van der Waals surface area contributed by atoms with Crippen molar-refractivity contribution in [1.29, 1.82) is 5.26 Å². The summed E-state index contributed by atoms with van der Waals surface area (Å²) in [6.45, 7) is 0.916. The van der Waals surface area contributed by atoms with Crippen molar-refractivity contribution < 1.29 is 9.53 Å². The van der Waals surface area contributed by atoms with Gasteiger partial charge in [-0.1, -0.05) is 18.2 Å². The third kappa shape index (κ3) is 3.35.